The summed E-state index contributed by atoms with van der Waals surface area (Å²) >= 11 is 3.34. The molecule has 3 nitrogen and oxygen atoms in total. The van der Waals surface area contributed by atoms with Crippen molar-refractivity contribution in [3.63, 3.8) is 0 Å². The Bertz CT molecular complexity index is 349. The first-order valence-corrected chi connectivity index (χ1v) is 6.10. The van der Waals surface area contributed by atoms with Gasteiger partial charge in [0.25, 0.3) is 0 Å². The van der Waals surface area contributed by atoms with E-state index in [2.05, 4.69) is 21.2 Å². The molecule has 1 atom stereocenters. The van der Waals surface area contributed by atoms with Crippen LogP contribution in [0, 0.1) is 11.8 Å². The van der Waals surface area contributed by atoms with E-state index in [0.29, 0.717) is 6.54 Å². The average Bonchev–Trinajstić information content (AvgIpc) is 2.22. The van der Waals surface area contributed by atoms with E-state index in [1.54, 1.807) is 0 Å². The molecule has 16 heavy (non-hydrogen) atoms. The van der Waals surface area contributed by atoms with Crippen LogP contribution in [0.5, 0.6) is 0 Å². The SMILES string of the molecule is CC(C)C(CN)C(=O)Nc1ccc(Br)cc1. The minimum absolute atomic E-state index is 0.0141. The second-order valence-corrected chi connectivity index (χ2v) is 5.00. The van der Waals surface area contributed by atoms with Gasteiger partial charge in [-0.15, -0.1) is 0 Å². The number of hydrogen-bond donors (Lipinski definition) is 2. The van der Waals surface area contributed by atoms with Crippen molar-refractivity contribution in [3.05, 3.63) is 28.7 Å². The summed E-state index contributed by atoms with van der Waals surface area (Å²) in [6.45, 7) is 4.37. The maximum Gasteiger partial charge on any atom is 0.229 e. The number of hydrogen-bond acceptors (Lipinski definition) is 2. The van der Waals surface area contributed by atoms with Gasteiger partial charge in [0, 0.05) is 16.7 Å². The summed E-state index contributed by atoms with van der Waals surface area (Å²) in [7, 11) is 0. The molecular weight excluding hydrogens is 268 g/mol. The molecule has 1 unspecified atom stereocenters. The fourth-order valence-corrected chi connectivity index (χ4v) is 1.71. The molecule has 0 aromatic heterocycles. The van der Waals surface area contributed by atoms with Crippen molar-refractivity contribution in [2.24, 2.45) is 17.6 Å². The highest BCUT2D eigenvalue weighted by Crippen LogP contribution is 2.16. The van der Waals surface area contributed by atoms with E-state index in [1.807, 2.05) is 38.1 Å². The molecule has 0 saturated carbocycles. The van der Waals surface area contributed by atoms with Crippen LogP contribution < -0.4 is 11.1 Å². The fraction of sp³-hybridized carbons (Fsp3) is 0.417. The third-order valence-electron chi connectivity index (χ3n) is 2.51. The molecule has 0 aliphatic carbocycles. The molecule has 0 bridgehead atoms. The minimum atomic E-state index is -0.136. The van der Waals surface area contributed by atoms with Gasteiger partial charge in [0.1, 0.15) is 0 Å². The van der Waals surface area contributed by atoms with Gasteiger partial charge >= 0.3 is 0 Å². The minimum Gasteiger partial charge on any atom is -0.330 e. The van der Waals surface area contributed by atoms with Gasteiger partial charge in [-0.05, 0) is 30.2 Å². The molecule has 1 aromatic rings. The van der Waals surface area contributed by atoms with E-state index in [0.717, 1.165) is 10.2 Å². The number of amides is 1. The predicted molar refractivity (Wildman–Crippen MR) is 70.2 cm³/mol. The highest BCUT2D eigenvalue weighted by Gasteiger charge is 2.20. The molecule has 88 valence electrons. The molecule has 0 aliphatic rings. The van der Waals surface area contributed by atoms with E-state index in [-0.39, 0.29) is 17.7 Å². The van der Waals surface area contributed by atoms with Gasteiger partial charge < -0.3 is 11.1 Å². The molecule has 1 aromatic carbocycles. The highest BCUT2D eigenvalue weighted by atomic mass is 79.9. The predicted octanol–water partition coefficient (Wildman–Crippen LogP) is 2.62. The topological polar surface area (TPSA) is 55.1 Å². The number of nitrogens with two attached hydrogens (primary N) is 1. The number of halogens is 1. The van der Waals surface area contributed by atoms with Crippen LogP contribution in [0.3, 0.4) is 0 Å². The summed E-state index contributed by atoms with van der Waals surface area (Å²) in [5, 5.41) is 2.86. The van der Waals surface area contributed by atoms with Crippen LogP contribution >= 0.6 is 15.9 Å². The quantitative estimate of drug-likeness (QED) is 0.893. The Morgan fingerprint density at radius 2 is 1.94 bits per heavy atom. The van der Waals surface area contributed by atoms with Crippen molar-refractivity contribution < 1.29 is 4.79 Å². The second kappa shape index (κ2) is 6.01. The van der Waals surface area contributed by atoms with Gasteiger partial charge in [-0.3, -0.25) is 4.79 Å². The number of nitrogens with one attached hydrogen (secondary N) is 1. The van der Waals surface area contributed by atoms with Gasteiger partial charge in [-0.1, -0.05) is 29.8 Å². The normalized spacial score (nSPS) is 12.6. The van der Waals surface area contributed by atoms with Gasteiger partial charge in [-0.2, -0.15) is 0 Å². The largest absolute Gasteiger partial charge is 0.330 e. The van der Waals surface area contributed by atoms with Gasteiger partial charge in [-0.25, -0.2) is 0 Å². The highest BCUT2D eigenvalue weighted by molar-refractivity contribution is 9.10. The molecule has 0 saturated heterocycles. The van der Waals surface area contributed by atoms with Crippen molar-refractivity contribution in [2.75, 3.05) is 11.9 Å². The first-order chi connectivity index (χ1) is 7.54. The Morgan fingerprint density at radius 1 is 1.38 bits per heavy atom. The lowest BCUT2D eigenvalue weighted by Gasteiger charge is -2.18. The number of carbonyl (C=O) groups is 1. The molecule has 1 amide bonds. The molecule has 0 radical (unpaired) electrons. The summed E-state index contributed by atoms with van der Waals surface area (Å²) in [6.07, 6.45) is 0. The Hall–Kier alpha value is -0.870. The summed E-state index contributed by atoms with van der Waals surface area (Å²) in [5.74, 6) is 0.101. The molecule has 4 heteroatoms. The van der Waals surface area contributed by atoms with Crippen molar-refractivity contribution in [3.8, 4) is 0 Å². The Morgan fingerprint density at radius 3 is 2.38 bits per heavy atom. The summed E-state index contributed by atoms with van der Waals surface area (Å²) in [6, 6.07) is 7.50. The van der Waals surface area contributed by atoms with Crippen molar-refractivity contribution >= 4 is 27.5 Å². The maximum atomic E-state index is 11.9. The van der Waals surface area contributed by atoms with Crippen LogP contribution in [0.4, 0.5) is 5.69 Å². The zero-order valence-electron chi connectivity index (χ0n) is 9.53. The Kier molecular flexibility index (Phi) is 4.96. The van der Waals surface area contributed by atoms with E-state index in [4.69, 9.17) is 5.73 Å². The monoisotopic (exact) mass is 284 g/mol. The van der Waals surface area contributed by atoms with Crippen LogP contribution in [0.2, 0.25) is 0 Å². The number of benzene rings is 1. The average molecular weight is 285 g/mol. The number of anilines is 1. The van der Waals surface area contributed by atoms with Gasteiger partial charge in [0.15, 0.2) is 0 Å². The Balaban J connectivity index is 2.66. The van der Waals surface area contributed by atoms with Crippen LogP contribution in [0.25, 0.3) is 0 Å². The number of carbonyl (C=O) groups excluding carboxylic acids is 1. The third-order valence-corrected chi connectivity index (χ3v) is 3.04. The Labute approximate surface area is 105 Å². The molecule has 0 aliphatic heterocycles. The lowest BCUT2D eigenvalue weighted by molar-refractivity contribution is -0.120. The van der Waals surface area contributed by atoms with Gasteiger partial charge in [0.2, 0.25) is 5.91 Å². The van der Waals surface area contributed by atoms with E-state index >= 15 is 0 Å². The third kappa shape index (κ3) is 3.61. The first kappa shape index (κ1) is 13.2. The number of rotatable bonds is 4. The van der Waals surface area contributed by atoms with Crippen LogP contribution in [0.15, 0.2) is 28.7 Å². The second-order valence-electron chi connectivity index (χ2n) is 4.08. The maximum absolute atomic E-state index is 11.9. The lowest BCUT2D eigenvalue weighted by Crippen LogP contribution is -2.33. The molecule has 3 N–H and O–H groups in total. The standard InChI is InChI=1S/C12H17BrN2O/c1-8(2)11(7-14)12(16)15-10-5-3-9(13)4-6-10/h3-6,8,11H,7,14H2,1-2H3,(H,15,16). The first-order valence-electron chi connectivity index (χ1n) is 5.31. The zero-order valence-corrected chi connectivity index (χ0v) is 11.1. The fourth-order valence-electron chi connectivity index (χ4n) is 1.45. The molecule has 0 spiro atoms. The van der Waals surface area contributed by atoms with Crippen molar-refractivity contribution in [1.82, 2.24) is 0 Å². The van der Waals surface area contributed by atoms with Crippen LogP contribution in [-0.2, 0) is 4.79 Å². The molecular formula is C12H17BrN2O. The van der Waals surface area contributed by atoms with Crippen molar-refractivity contribution in [1.29, 1.82) is 0 Å². The molecule has 0 heterocycles. The van der Waals surface area contributed by atoms with E-state index in [1.165, 1.54) is 0 Å². The van der Waals surface area contributed by atoms with Gasteiger partial charge in [0.05, 0.1) is 5.92 Å². The van der Waals surface area contributed by atoms with E-state index in [9.17, 15) is 4.79 Å². The summed E-state index contributed by atoms with van der Waals surface area (Å²) in [5.41, 5.74) is 6.38. The lowest BCUT2D eigenvalue weighted by atomic mass is 9.95. The molecule has 0 fully saturated rings. The summed E-state index contributed by atoms with van der Waals surface area (Å²) in [4.78, 5) is 11.9. The molecule has 1 rings (SSSR count). The summed E-state index contributed by atoms with van der Waals surface area (Å²) < 4.78 is 0.990. The van der Waals surface area contributed by atoms with E-state index < -0.39 is 0 Å². The van der Waals surface area contributed by atoms with Crippen molar-refractivity contribution in [2.45, 2.75) is 13.8 Å². The van der Waals surface area contributed by atoms with Crippen LogP contribution in [-0.4, -0.2) is 12.5 Å². The smallest absolute Gasteiger partial charge is 0.229 e. The van der Waals surface area contributed by atoms with Crippen LogP contribution in [0.1, 0.15) is 13.8 Å². The zero-order chi connectivity index (χ0) is 12.1.